The molecule has 4 bridgehead atoms. The van der Waals surface area contributed by atoms with Crippen molar-refractivity contribution >= 4 is 0 Å². The first kappa shape index (κ1) is 16.0. The molecular formula is C18H29NO5. The first-order chi connectivity index (χ1) is 11.5. The van der Waals surface area contributed by atoms with Crippen molar-refractivity contribution in [1.82, 2.24) is 5.06 Å². The number of aliphatic hydroxyl groups is 1. The van der Waals surface area contributed by atoms with Crippen molar-refractivity contribution in [2.24, 2.45) is 17.3 Å². The zero-order chi connectivity index (χ0) is 16.6. The zero-order valence-electron chi connectivity index (χ0n) is 14.7. The Bertz CT molecular complexity index is 512. The lowest BCUT2D eigenvalue weighted by Gasteiger charge is -2.51. The smallest absolute Gasteiger partial charge is 0.196 e. The highest BCUT2D eigenvalue weighted by molar-refractivity contribution is 5.27. The van der Waals surface area contributed by atoms with E-state index < -0.39 is 11.4 Å². The normalized spacial score (nSPS) is 56.1. The number of hydrogen-bond donors (Lipinski definition) is 1. The van der Waals surface area contributed by atoms with Crippen molar-refractivity contribution in [3.63, 3.8) is 0 Å². The number of nitrogens with zero attached hydrogens (tertiary/aromatic N) is 1. The fourth-order valence-electron chi connectivity index (χ4n) is 6.90. The molecule has 2 saturated carbocycles. The minimum Gasteiger partial charge on any atom is -0.363 e. The van der Waals surface area contributed by atoms with E-state index in [1.165, 1.54) is 6.42 Å². The molecule has 5 rings (SSSR count). The van der Waals surface area contributed by atoms with Crippen LogP contribution < -0.4 is 0 Å². The summed E-state index contributed by atoms with van der Waals surface area (Å²) in [5, 5.41) is 13.4. The minimum absolute atomic E-state index is 0.00361. The molecule has 0 aromatic rings. The predicted molar refractivity (Wildman–Crippen MR) is 84.5 cm³/mol. The lowest BCUT2D eigenvalue weighted by Crippen LogP contribution is -2.58. The summed E-state index contributed by atoms with van der Waals surface area (Å²) in [6.07, 6.45) is 6.87. The Morgan fingerprint density at radius 2 is 2.12 bits per heavy atom. The quantitative estimate of drug-likeness (QED) is 0.794. The van der Waals surface area contributed by atoms with Gasteiger partial charge in [-0.15, -0.1) is 0 Å². The van der Waals surface area contributed by atoms with Crippen LogP contribution in [0.5, 0.6) is 0 Å². The molecular weight excluding hydrogens is 310 g/mol. The topological polar surface area (TPSA) is 60.4 Å². The second kappa shape index (κ2) is 5.15. The van der Waals surface area contributed by atoms with Crippen LogP contribution in [0.4, 0.5) is 0 Å². The van der Waals surface area contributed by atoms with Gasteiger partial charge in [0.25, 0.3) is 0 Å². The highest BCUT2D eigenvalue weighted by Crippen LogP contribution is 2.75. The molecule has 0 radical (unpaired) electrons. The molecule has 1 N–H and O–H groups in total. The average Bonchev–Trinajstić information content (AvgIpc) is 3.10. The van der Waals surface area contributed by atoms with Crippen LogP contribution in [-0.4, -0.2) is 54.3 Å². The number of rotatable bonds is 3. The highest BCUT2D eigenvalue weighted by Gasteiger charge is 2.83. The number of hydrogen-bond acceptors (Lipinski definition) is 6. The van der Waals surface area contributed by atoms with E-state index in [0.717, 1.165) is 45.1 Å². The molecule has 2 spiro atoms. The molecule has 1 unspecified atom stereocenters. The lowest BCUT2D eigenvalue weighted by atomic mass is 9.56. The van der Waals surface area contributed by atoms with E-state index in [0.29, 0.717) is 11.8 Å². The lowest BCUT2D eigenvalue weighted by molar-refractivity contribution is -0.326. The van der Waals surface area contributed by atoms with Gasteiger partial charge in [0.05, 0.1) is 6.10 Å². The fraction of sp³-hybridized carbons (Fsp3) is 1.00. The van der Waals surface area contributed by atoms with E-state index in [4.69, 9.17) is 19.0 Å². The van der Waals surface area contributed by atoms with Crippen molar-refractivity contribution in [3.05, 3.63) is 0 Å². The van der Waals surface area contributed by atoms with Gasteiger partial charge in [0, 0.05) is 25.5 Å². The molecule has 0 aromatic carbocycles. The SMILES string of the molecule is COCON1CCC[C@@]23[C@H]4C[C@@H](C)C[C@@H]2OC(O)(C4)[C@@]32CC[C@@H]1O2. The molecule has 0 aromatic heterocycles. The Kier molecular flexibility index (Phi) is 3.42. The van der Waals surface area contributed by atoms with E-state index >= 15 is 0 Å². The standard InChI is InChI=1S/C18H29NO5/c1-12-8-13-10-18(20)17-6-4-15(24-17)19(22-11-21-2)7-3-5-16(13,17)14(9-12)23-18/h12-15,20H,3-11H2,1-2H3/t12-,13+,14+,15+,16-,17-,18?/m1/s1. The van der Waals surface area contributed by atoms with Crippen LogP contribution in [0.15, 0.2) is 0 Å². The number of fused-ring (bicyclic) bond motifs is 1. The zero-order valence-corrected chi connectivity index (χ0v) is 14.7. The summed E-state index contributed by atoms with van der Waals surface area (Å²) < 4.78 is 18.0. The second-order valence-electron chi connectivity index (χ2n) is 8.63. The molecule has 3 heterocycles. The highest BCUT2D eigenvalue weighted by atomic mass is 16.8. The van der Waals surface area contributed by atoms with Gasteiger partial charge < -0.3 is 19.3 Å². The monoisotopic (exact) mass is 339 g/mol. The number of methoxy groups -OCH3 is 1. The summed E-state index contributed by atoms with van der Waals surface area (Å²) in [5.41, 5.74) is -0.550. The van der Waals surface area contributed by atoms with Crippen molar-refractivity contribution < 1.29 is 24.2 Å². The summed E-state index contributed by atoms with van der Waals surface area (Å²) in [7, 11) is 1.63. The van der Waals surface area contributed by atoms with Crippen LogP contribution in [-0.2, 0) is 19.0 Å². The van der Waals surface area contributed by atoms with Crippen molar-refractivity contribution in [2.45, 2.75) is 75.6 Å². The molecule has 3 saturated heterocycles. The fourth-order valence-corrected chi connectivity index (χ4v) is 6.90. The molecule has 6 heteroatoms. The van der Waals surface area contributed by atoms with Gasteiger partial charge in [-0.05, 0) is 50.4 Å². The molecule has 0 amide bonds. The van der Waals surface area contributed by atoms with Crippen LogP contribution in [0.25, 0.3) is 0 Å². The van der Waals surface area contributed by atoms with Gasteiger partial charge in [0.15, 0.2) is 12.6 Å². The molecule has 2 aliphatic carbocycles. The minimum atomic E-state index is -1.11. The van der Waals surface area contributed by atoms with Crippen LogP contribution >= 0.6 is 0 Å². The number of ether oxygens (including phenoxy) is 3. The summed E-state index contributed by atoms with van der Waals surface area (Å²) in [6, 6.07) is 0. The molecule has 136 valence electrons. The second-order valence-corrected chi connectivity index (χ2v) is 8.63. The van der Waals surface area contributed by atoms with E-state index in [1.807, 2.05) is 5.06 Å². The van der Waals surface area contributed by atoms with Gasteiger partial charge in [-0.1, -0.05) is 6.92 Å². The third-order valence-corrected chi connectivity index (χ3v) is 7.56. The van der Waals surface area contributed by atoms with E-state index in [9.17, 15) is 5.11 Å². The van der Waals surface area contributed by atoms with Gasteiger partial charge in [-0.25, -0.2) is 0 Å². The Hall–Kier alpha value is -0.240. The molecule has 3 aliphatic heterocycles. The Morgan fingerprint density at radius 1 is 1.25 bits per heavy atom. The largest absolute Gasteiger partial charge is 0.363 e. The molecule has 5 aliphatic rings. The van der Waals surface area contributed by atoms with Crippen molar-refractivity contribution in [3.8, 4) is 0 Å². The van der Waals surface area contributed by atoms with E-state index in [2.05, 4.69) is 6.92 Å². The van der Waals surface area contributed by atoms with Gasteiger partial charge >= 0.3 is 0 Å². The summed E-state index contributed by atoms with van der Waals surface area (Å²) in [5.74, 6) is 0.0892. The molecule has 5 fully saturated rings. The average molecular weight is 339 g/mol. The summed E-state index contributed by atoms with van der Waals surface area (Å²) in [4.78, 5) is 5.74. The van der Waals surface area contributed by atoms with Crippen molar-refractivity contribution in [2.75, 3.05) is 20.4 Å². The molecule has 6 nitrogen and oxygen atoms in total. The Balaban J connectivity index is 1.52. The molecule has 7 atom stereocenters. The molecule has 24 heavy (non-hydrogen) atoms. The third kappa shape index (κ3) is 1.72. The van der Waals surface area contributed by atoms with Crippen LogP contribution in [0, 0.1) is 17.3 Å². The van der Waals surface area contributed by atoms with Gasteiger partial charge in [0.1, 0.15) is 11.8 Å². The maximum absolute atomic E-state index is 11.4. The van der Waals surface area contributed by atoms with Gasteiger partial charge in [-0.3, -0.25) is 4.84 Å². The Morgan fingerprint density at radius 3 is 2.92 bits per heavy atom. The van der Waals surface area contributed by atoms with Crippen LogP contribution in [0.2, 0.25) is 0 Å². The summed E-state index contributed by atoms with van der Waals surface area (Å²) >= 11 is 0. The third-order valence-electron chi connectivity index (χ3n) is 7.56. The summed E-state index contributed by atoms with van der Waals surface area (Å²) in [6.45, 7) is 3.40. The Labute approximate surface area is 143 Å². The maximum Gasteiger partial charge on any atom is 0.196 e. The van der Waals surface area contributed by atoms with Gasteiger partial charge in [-0.2, -0.15) is 5.06 Å². The first-order valence-electron chi connectivity index (χ1n) is 9.51. The van der Waals surface area contributed by atoms with Crippen molar-refractivity contribution in [1.29, 1.82) is 0 Å². The van der Waals surface area contributed by atoms with Gasteiger partial charge in [0.2, 0.25) is 0 Å². The van der Waals surface area contributed by atoms with E-state index in [-0.39, 0.29) is 24.5 Å². The van der Waals surface area contributed by atoms with E-state index in [1.54, 1.807) is 7.11 Å². The first-order valence-corrected chi connectivity index (χ1v) is 9.51. The predicted octanol–water partition coefficient (Wildman–Crippen LogP) is 2.02. The van der Waals surface area contributed by atoms with Crippen LogP contribution in [0.3, 0.4) is 0 Å². The van der Waals surface area contributed by atoms with Crippen LogP contribution in [0.1, 0.15) is 51.9 Å². The number of hydroxylamine groups is 2. The maximum atomic E-state index is 11.4.